The molecule has 0 aromatic heterocycles. The lowest BCUT2D eigenvalue weighted by molar-refractivity contribution is -0.0159. The number of hydrogen-bond donors (Lipinski definition) is 3. The number of nitrogens with one attached hydrogen (secondary N) is 2. The van der Waals surface area contributed by atoms with Gasteiger partial charge in [0, 0.05) is 17.1 Å². The van der Waals surface area contributed by atoms with E-state index in [1.807, 2.05) is 0 Å². The summed E-state index contributed by atoms with van der Waals surface area (Å²) in [5, 5.41) is 13.9. The molecule has 0 bridgehead atoms. The summed E-state index contributed by atoms with van der Waals surface area (Å²) in [5.74, 6) is 0. The average Bonchev–Trinajstić information content (AvgIpc) is 2.13. The van der Waals surface area contributed by atoms with Gasteiger partial charge in [0.2, 0.25) is 0 Å². The number of aliphatic hydroxyl groups is 1. The zero-order chi connectivity index (χ0) is 13.3. The topological polar surface area (TPSA) is 64.6 Å². The molecule has 2 amide bonds. The molecule has 1 fully saturated rings. The number of likely N-dealkylation sites (tertiary alicyclic amines) is 1. The molecule has 0 aromatic carbocycles. The Balaban J connectivity index is 2.68. The second-order valence-corrected chi connectivity index (χ2v) is 6.10. The molecule has 0 aromatic rings. The first kappa shape index (κ1) is 14.3. The van der Waals surface area contributed by atoms with E-state index in [1.54, 1.807) is 0 Å². The van der Waals surface area contributed by atoms with Crippen molar-refractivity contribution in [1.82, 2.24) is 15.5 Å². The number of nitrogens with zero attached hydrogens (tertiary/aromatic N) is 1. The molecule has 1 aliphatic heterocycles. The molecule has 0 unspecified atom stereocenters. The van der Waals surface area contributed by atoms with Crippen LogP contribution in [0.3, 0.4) is 0 Å². The minimum atomic E-state index is -0.328. The molecular weight excluding hydrogens is 218 g/mol. The largest absolute Gasteiger partial charge is 0.376 e. The van der Waals surface area contributed by atoms with Crippen LogP contribution in [-0.2, 0) is 0 Å². The molecule has 3 N–H and O–H groups in total. The smallest absolute Gasteiger partial charge is 0.316 e. The minimum absolute atomic E-state index is 0.0545. The Morgan fingerprint density at radius 3 is 2.18 bits per heavy atom. The molecule has 17 heavy (non-hydrogen) atoms. The maximum absolute atomic E-state index is 11.4. The van der Waals surface area contributed by atoms with E-state index in [9.17, 15) is 4.79 Å². The summed E-state index contributed by atoms with van der Waals surface area (Å²) < 4.78 is 0. The van der Waals surface area contributed by atoms with E-state index >= 15 is 0 Å². The van der Waals surface area contributed by atoms with E-state index in [2.05, 4.69) is 50.3 Å². The molecule has 1 heterocycles. The molecule has 1 aliphatic rings. The molecule has 0 aliphatic carbocycles. The first-order chi connectivity index (χ1) is 7.69. The van der Waals surface area contributed by atoms with Crippen LogP contribution >= 0.6 is 0 Å². The Kier molecular flexibility index (Phi) is 4.04. The summed E-state index contributed by atoms with van der Waals surface area (Å²) in [5.41, 5.74) is 0.109. The number of carbonyl (C=O) groups excluding carboxylic acids is 1. The predicted octanol–water partition coefficient (Wildman–Crippen LogP) is 0.887. The van der Waals surface area contributed by atoms with Gasteiger partial charge in [-0.15, -0.1) is 0 Å². The predicted molar refractivity (Wildman–Crippen MR) is 67.7 cm³/mol. The second kappa shape index (κ2) is 4.82. The molecule has 1 saturated heterocycles. The zero-order valence-corrected chi connectivity index (χ0v) is 11.5. The summed E-state index contributed by atoms with van der Waals surface area (Å²) in [6, 6.07) is -0.156. The van der Waals surface area contributed by atoms with Gasteiger partial charge in [-0.05, 0) is 47.6 Å². The fourth-order valence-corrected chi connectivity index (χ4v) is 2.78. The van der Waals surface area contributed by atoms with Crippen molar-refractivity contribution >= 4 is 6.03 Å². The fraction of sp³-hybridized carbons (Fsp3) is 0.917. The van der Waals surface area contributed by atoms with Gasteiger partial charge in [0.25, 0.3) is 0 Å². The molecular formula is C12H25N3O2. The summed E-state index contributed by atoms with van der Waals surface area (Å²) in [6.07, 6.45) is 1.82. The highest BCUT2D eigenvalue weighted by Crippen LogP contribution is 2.36. The number of piperidine rings is 1. The van der Waals surface area contributed by atoms with Crippen LogP contribution in [0.25, 0.3) is 0 Å². The Morgan fingerprint density at radius 2 is 1.76 bits per heavy atom. The van der Waals surface area contributed by atoms with Gasteiger partial charge in [0.1, 0.15) is 6.73 Å². The van der Waals surface area contributed by atoms with E-state index in [4.69, 9.17) is 5.11 Å². The highest BCUT2D eigenvalue weighted by molar-refractivity contribution is 5.74. The molecule has 0 saturated carbocycles. The van der Waals surface area contributed by atoms with Gasteiger partial charge in [-0.3, -0.25) is 4.90 Å². The standard InChI is InChI=1S/C12H25N3O2/c1-11(2)6-9(14-10(17)13-8-16)7-12(3,4)15(11)5/h9,16H,6-8H2,1-5H3,(H2,13,14,17). The third-order valence-corrected chi connectivity index (χ3v) is 3.88. The first-order valence-corrected chi connectivity index (χ1v) is 6.08. The molecule has 0 atom stereocenters. The van der Waals surface area contributed by atoms with Crippen LogP contribution in [-0.4, -0.2) is 46.9 Å². The lowest BCUT2D eigenvalue weighted by atomic mass is 9.77. The minimum Gasteiger partial charge on any atom is -0.376 e. The Morgan fingerprint density at radius 1 is 1.29 bits per heavy atom. The number of amides is 2. The Labute approximate surface area is 104 Å². The maximum atomic E-state index is 11.4. The van der Waals surface area contributed by atoms with Crippen LogP contribution in [0.15, 0.2) is 0 Å². The second-order valence-electron chi connectivity index (χ2n) is 6.10. The number of rotatable bonds is 2. The third-order valence-electron chi connectivity index (χ3n) is 3.88. The third kappa shape index (κ3) is 3.33. The van der Waals surface area contributed by atoms with Crippen LogP contribution in [0.1, 0.15) is 40.5 Å². The molecule has 5 heteroatoms. The van der Waals surface area contributed by atoms with E-state index < -0.39 is 0 Å². The molecule has 0 spiro atoms. The van der Waals surface area contributed by atoms with Gasteiger partial charge in [-0.2, -0.15) is 0 Å². The zero-order valence-electron chi connectivity index (χ0n) is 11.5. The SMILES string of the molecule is CN1C(C)(C)CC(NC(=O)NCO)CC1(C)C. The van der Waals surface area contributed by atoms with E-state index in [0.29, 0.717) is 0 Å². The lowest BCUT2D eigenvalue weighted by Gasteiger charge is -2.53. The summed E-state index contributed by atoms with van der Waals surface area (Å²) in [4.78, 5) is 13.8. The van der Waals surface area contributed by atoms with Gasteiger partial charge < -0.3 is 15.7 Å². The van der Waals surface area contributed by atoms with Crippen molar-refractivity contribution in [3.63, 3.8) is 0 Å². The maximum Gasteiger partial charge on any atom is 0.316 e. The summed E-state index contributed by atoms with van der Waals surface area (Å²) in [6.45, 7) is 8.42. The molecule has 0 radical (unpaired) electrons. The van der Waals surface area contributed by atoms with Gasteiger partial charge in [-0.25, -0.2) is 4.79 Å². The van der Waals surface area contributed by atoms with Gasteiger partial charge in [0.05, 0.1) is 0 Å². The van der Waals surface area contributed by atoms with E-state index in [-0.39, 0.29) is 29.9 Å². The van der Waals surface area contributed by atoms with Crippen LogP contribution < -0.4 is 10.6 Å². The summed E-state index contributed by atoms with van der Waals surface area (Å²) in [7, 11) is 2.13. The van der Waals surface area contributed by atoms with E-state index in [0.717, 1.165) is 12.8 Å². The van der Waals surface area contributed by atoms with Crippen molar-refractivity contribution in [2.75, 3.05) is 13.8 Å². The summed E-state index contributed by atoms with van der Waals surface area (Å²) >= 11 is 0. The van der Waals surface area contributed by atoms with Crippen molar-refractivity contribution in [2.45, 2.75) is 57.7 Å². The number of aliphatic hydroxyl groups excluding tert-OH is 1. The highest BCUT2D eigenvalue weighted by atomic mass is 16.3. The van der Waals surface area contributed by atoms with Gasteiger partial charge in [0.15, 0.2) is 0 Å². The van der Waals surface area contributed by atoms with Crippen molar-refractivity contribution in [1.29, 1.82) is 0 Å². The van der Waals surface area contributed by atoms with Crippen molar-refractivity contribution in [2.24, 2.45) is 0 Å². The van der Waals surface area contributed by atoms with Gasteiger partial charge in [-0.1, -0.05) is 0 Å². The molecule has 100 valence electrons. The average molecular weight is 243 g/mol. The van der Waals surface area contributed by atoms with Crippen molar-refractivity contribution < 1.29 is 9.90 Å². The fourth-order valence-electron chi connectivity index (χ4n) is 2.78. The van der Waals surface area contributed by atoms with Crippen molar-refractivity contribution in [3.05, 3.63) is 0 Å². The number of hydrogen-bond acceptors (Lipinski definition) is 3. The van der Waals surface area contributed by atoms with Crippen LogP contribution in [0.5, 0.6) is 0 Å². The normalized spacial score (nSPS) is 24.4. The lowest BCUT2D eigenvalue weighted by Crippen LogP contribution is -2.63. The molecule has 1 rings (SSSR count). The number of carbonyl (C=O) groups is 1. The van der Waals surface area contributed by atoms with Crippen LogP contribution in [0.2, 0.25) is 0 Å². The quantitative estimate of drug-likeness (QED) is 0.631. The van der Waals surface area contributed by atoms with Crippen molar-refractivity contribution in [3.8, 4) is 0 Å². The number of urea groups is 1. The Bertz CT molecular complexity index is 271. The monoisotopic (exact) mass is 243 g/mol. The van der Waals surface area contributed by atoms with Crippen LogP contribution in [0.4, 0.5) is 4.79 Å². The molecule has 5 nitrogen and oxygen atoms in total. The first-order valence-electron chi connectivity index (χ1n) is 6.08. The van der Waals surface area contributed by atoms with Crippen LogP contribution in [0, 0.1) is 0 Å². The Hall–Kier alpha value is -0.810. The highest BCUT2D eigenvalue weighted by Gasteiger charge is 2.43. The van der Waals surface area contributed by atoms with Gasteiger partial charge >= 0.3 is 6.03 Å². The van der Waals surface area contributed by atoms with E-state index in [1.165, 1.54) is 0 Å².